The smallest absolute Gasteiger partial charge is 0.241 e. The van der Waals surface area contributed by atoms with Crippen LogP contribution in [-0.4, -0.2) is 69.3 Å². The lowest BCUT2D eigenvalue weighted by Crippen LogP contribution is -2.52. The molecule has 7 heteroatoms. The zero-order valence-corrected chi connectivity index (χ0v) is 18.2. The quantitative estimate of drug-likeness (QED) is 0.718. The number of rotatable bonds is 8. The molecule has 7 nitrogen and oxygen atoms in total. The maximum atomic E-state index is 12.7. The molecule has 1 fully saturated rings. The minimum absolute atomic E-state index is 0.00315. The molecule has 1 aliphatic heterocycles. The van der Waals surface area contributed by atoms with Gasteiger partial charge in [-0.05, 0) is 36.8 Å². The van der Waals surface area contributed by atoms with E-state index in [1.54, 1.807) is 21.3 Å². The van der Waals surface area contributed by atoms with Gasteiger partial charge in [-0.2, -0.15) is 0 Å². The fourth-order valence-electron chi connectivity index (χ4n) is 3.66. The Balaban J connectivity index is 1.51. The average Bonchev–Trinajstić information content (AvgIpc) is 2.79. The van der Waals surface area contributed by atoms with Crippen molar-refractivity contribution < 1.29 is 19.0 Å². The number of benzene rings is 2. The Morgan fingerprint density at radius 2 is 1.70 bits per heavy atom. The second-order valence-electron chi connectivity index (χ2n) is 7.40. The van der Waals surface area contributed by atoms with Crippen LogP contribution >= 0.6 is 0 Å². The third-order valence-electron chi connectivity index (χ3n) is 5.53. The summed E-state index contributed by atoms with van der Waals surface area (Å²) in [6.07, 6.45) is 0. The van der Waals surface area contributed by atoms with Crippen LogP contribution in [0.1, 0.15) is 12.5 Å². The first-order chi connectivity index (χ1) is 14.5. The molecule has 3 rings (SSSR count). The summed E-state index contributed by atoms with van der Waals surface area (Å²) in [6.45, 7) is 6.31. The van der Waals surface area contributed by atoms with Crippen LogP contribution in [0.3, 0.4) is 0 Å². The number of ether oxygens (including phenoxy) is 3. The number of nitrogens with zero attached hydrogens (tertiary/aromatic N) is 2. The van der Waals surface area contributed by atoms with E-state index < -0.39 is 0 Å². The number of nitrogens with one attached hydrogen (secondary N) is 1. The zero-order chi connectivity index (χ0) is 21.5. The van der Waals surface area contributed by atoms with Gasteiger partial charge < -0.3 is 19.5 Å². The molecule has 1 amide bonds. The van der Waals surface area contributed by atoms with Crippen LogP contribution in [0.5, 0.6) is 17.2 Å². The summed E-state index contributed by atoms with van der Waals surface area (Å²) >= 11 is 0. The highest BCUT2D eigenvalue weighted by atomic mass is 16.5. The second kappa shape index (κ2) is 10.3. The summed E-state index contributed by atoms with van der Waals surface area (Å²) in [5.74, 6) is 2.21. The molecule has 1 N–H and O–H groups in total. The molecular weight excluding hydrogens is 382 g/mol. The lowest BCUT2D eigenvalue weighted by molar-refractivity contribution is -0.121. The number of carbonyl (C=O) groups is 1. The number of amides is 1. The maximum Gasteiger partial charge on any atom is 0.241 e. The van der Waals surface area contributed by atoms with Crippen molar-refractivity contribution >= 4 is 11.6 Å². The molecular formula is C23H31N3O4. The Morgan fingerprint density at radius 1 is 0.967 bits per heavy atom. The van der Waals surface area contributed by atoms with E-state index in [9.17, 15) is 4.79 Å². The third-order valence-corrected chi connectivity index (χ3v) is 5.53. The van der Waals surface area contributed by atoms with Crippen LogP contribution in [0.4, 0.5) is 5.69 Å². The standard InChI is InChI=1S/C23H31N3O4/c1-17(23(27)24-19-6-5-7-20(15-19)28-2)26-12-10-25(11-13-26)16-18-8-9-21(29-3)22(14-18)30-4/h5-9,14-15,17H,10-13,16H2,1-4H3,(H,24,27). The summed E-state index contributed by atoms with van der Waals surface area (Å²) in [5.41, 5.74) is 1.93. The van der Waals surface area contributed by atoms with Crippen LogP contribution in [0.25, 0.3) is 0 Å². The molecule has 0 spiro atoms. The molecule has 0 saturated carbocycles. The van der Waals surface area contributed by atoms with E-state index in [0.29, 0.717) is 0 Å². The Morgan fingerprint density at radius 3 is 2.37 bits per heavy atom. The molecule has 2 aromatic rings. The van der Waals surface area contributed by atoms with Crippen molar-refractivity contribution in [3.63, 3.8) is 0 Å². The van der Waals surface area contributed by atoms with Crippen LogP contribution < -0.4 is 19.5 Å². The minimum atomic E-state index is -0.195. The number of anilines is 1. The van der Waals surface area contributed by atoms with E-state index in [1.807, 2.05) is 43.3 Å². The van der Waals surface area contributed by atoms with Gasteiger partial charge in [0, 0.05) is 44.5 Å². The molecule has 0 bridgehead atoms. The van der Waals surface area contributed by atoms with Crippen LogP contribution in [0, 0.1) is 0 Å². The van der Waals surface area contributed by atoms with Crippen LogP contribution in [-0.2, 0) is 11.3 Å². The van der Waals surface area contributed by atoms with Crippen molar-refractivity contribution in [3.8, 4) is 17.2 Å². The molecule has 0 aromatic heterocycles. The number of carbonyl (C=O) groups excluding carboxylic acids is 1. The first-order valence-corrected chi connectivity index (χ1v) is 10.2. The molecule has 1 heterocycles. The summed E-state index contributed by atoms with van der Waals surface area (Å²) in [6, 6.07) is 13.3. The van der Waals surface area contributed by atoms with Gasteiger partial charge in [-0.3, -0.25) is 14.6 Å². The van der Waals surface area contributed by atoms with Gasteiger partial charge in [0.2, 0.25) is 5.91 Å². The second-order valence-corrected chi connectivity index (χ2v) is 7.40. The van der Waals surface area contributed by atoms with Crippen molar-refractivity contribution in [1.29, 1.82) is 0 Å². The molecule has 162 valence electrons. The monoisotopic (exact) mass is 413 g/mol. The fraction of sp³-hybridized carbons (Fsp3) is 0.435. The molecule has 1 saturated heterocycles. The topological polar surface area (TPSA) is 63.3 Å². The third kappa shape index (κ3) is 5.43. The molecule has 2 aromatic carbocycles. The number of piperazine rings is 1. The summed E-state index contributed by atoms with van der Waals surface area (Å²) in [4.78, 5) is 17.3. The Hall–Kier alpha value is -2.77. The molecule has 0 aliphatic carbocycles. The lowest BCUT2D eigenvalue weighted by Gasteiger charge is -2.37. The van der Waals surface area contributed by atoms with E-state index in [0.717, 1.165) is 55.7 Å². The van der Waals surface area contributed by atoms with Gasteiger partial charge in [-0.25, -0.2) is 0 Å². The van der Waals surface area contributed by atoms with Crippen molar-refractivity contribution in [2.24, 2.45) is 0 Å². The SMILES string of the molecule is COc1cccc(NC(=O)C(C)N2CCN(Cc3ccc(OC)c(OC)c3)CC2)c1. The van der Waals surface area contributed by atoms with E-state index in [2.05, 4.69) is 21.2 Å². The summed E-state index contributed by atoms with van der Waals surface area (Å²) in [7, 11) is 4.91. The Labute approximate surface area is 178 Å². The highest BCUT2D eigenvalue weighted by molar-refractivity contribution is 5.94. The van der Waals surface area contributed by atoms with Gasteiger partial charge >= 0.3 is 0 Å². The minimum Gasteiger partial charge on any atom is -0.497 e. The number of hydrogen-bond donors (Lipinski definition) is 1. The first kappa shape index (κ1) is 21.9. The van der Waals surface area contributed by atoms with Gasteiger partial charge in [-0.1, -0.05) is 12.1 Å². The zero-order valence-electron chi connectivity index (χ0n) is 18.2. The lowest BCUT2D eigenvalue weighted by atomic mass is 10.1. The summed E-state index contributed by atoms with van der Waals surface area (Å²) < 4.78 is 15.9. The average molecular weight is 414 g/mol. The molecule has 30 heavy (non-hydrogen) atoms. The maximum absolute atomic E-state index is 12.7. The first-order valence-electron chi connectivity index (χ1n) is 10.2. The van der Waals surface area contributed by atoms with E-state index in [4.69, 9.17) is 14.2 Å². The normalized spacial score (nSPS) is 16.0. The van der Waals surface area contributed by atoms with Gasteiger partial charge in [0.1, 0.15) is 5.75 Å². The molecule has 1 unspecified atom stereocenters. The van der Waals surface area contributed by atoms with Crippen molar-refractivity contribution in [3.05, 3.63) is 48.0 Å². The molecule has 0 radical (unpaired) electrons. The van der Waals surface area contributed by atoms with Crippen molar-refractivity contribution in [2.45, 2.75) is 19.5 Å². The molecule has 1 aliphatic rings. The van der Waals surface area contributed by atoms with Crippen molar-refractivity contribution in [2.75, 3.05) is 52.8 Å². The van der Waals surface area contributed by atoms with Gasteiger partial charge in [0.15, 0.2) is 11.5 Å². The largest absolute Gasteiger partial charge is 0.497 e. The van der Waals surface area contributed by atoms with E-state index in [-0.39, 0.29) is 11.9 Å². The fourth-order valence-corrected chi connectivity index (χ4v) is 3.66. The highest BCUT2D eigenvalue weighted by Crippen LogP contribution is 2.28. The molecule has 1 atom stereocenters. The van der Waals surface area contributed by atoms with E-state index >= 15 is 0 Å². The number of hydrogen-bond acceptors (Lipinski definition) is 6. The van der Waals surface area contributed by atoms with Gasteiger partial charge in [-0.15, -0.1) is 0 Å². The highest BCUT2D eigenvalue weighted by Gasteiger charge is 2.25. The van der Waals surface area contributed by atoms with Gasteiger partial charge in [0.25, 0.3) is 0 Å². The summed E-state index contributed by atoms with van der Waals surface area (Å²) in [5, 5.41) is 2.99. The Bertz CT molecular complexity index is 850. The predicted molar refractivity (Wildman–Crippen MR) is 117 cm³/mol. The number of methoxy groups -OCH3 is 3. The van der Waals surface area contributed by atoms with Crippen LogP contribution in [0.15, 0.2) is 42.5 Å². The van der Waals surface area contributed by atoms with Gasteiger partial charge in [0.05, 0.1) is 27.4 Å². The van der Waals surface area contributed by atoms with E-state index in [1.165, 1.54) is 5.56 Å². The van der Waals surface area contributed by atoms with Crippen molar-refractivity contribution in [1.82, 2.24) is 9.80 Å². The Kier molecular flexibility index (Phi) is 7.54. The van der Waals surface area contributed by atoms with Crippen LogP contribution in [0.2, 0.25) is 0 Å². The predicted octanol–water partition coefficient (Wildman–Crippen LogP) is 2.86.